The highest BCUT2D eigenvalue weighted by Crippen LogP contribution is 2.30. The van der Waals surface area contributed by atoms with Crippen LogP contribution in [0.5, 0.6) is 0 Å². The number of nitrogens with zero attached hydrogens (tertiary/aromatic N) is 1. The fourth-order valence-electron chi connectivity index (χ4n) is 3.25. The zero-order valence-electron chi connectivity index (χ0n) is 14.2. The lowest BCUT2D eigenvalue weighted by Gasteiger charge is -2.25. The van der Waals surface area contributed by atoms with Gasteiger partial charge in [0.2, 0.25) is 5.91 Å². The molecule has 0 radical (unpaired) electrons. The van der Waals surface area contributed by atoms with E-state index in [0.29, 0.717) is 18.5 Å². The molecule has 6 heteroatoms. The lowest BCUT2D eigenvalue weighted by molar-refractivity contribution is -0.147. The van der Waals surface area contributed by atoms with E-state index in [1.165, 1.54) is 16.9 Å². The number of hydrogen-bond acceptors (Lipinski definition) is 4. The third kappa shape index (κ3) is 3.90. The highest BCUT2D eigenvalue weighted by Gasteiger charge is 2.42. The summed E-state index contributed by atoms with van der Waals surface area (Å²) in [6, 6.07) is 8.25. The molecule has 0 unspecified atom stereocenters. The number of carboxylic acid groups (broad SMARTS) is 1. The zero-order valence-corrected chi connectivity index (χ0v) is 15.1. The minimum atomic E-state index is -1.09. The van der Waals surface area contributed by atoms with Crippen LogP contribution >= 0.6 is 11.3 Å². The van der Waals surface area contributed by atoms with Gasteiger partial charge < -0.3 is 10.4 Å². The first kappa shape index (κ1) is 17.6. The van der Waals surface area contributed by atoms with Crippen LogP contribution in [0.25, 0.3) is 10.6 Å². The van der Waals surface area contributed by atoms with Crippen molar-refractivity contribution in [1.29, 1.82) is 0 Å². The molecule has 1 aliphatic rings. The van der Waals surface area contributed by atoms with Crippen LogP contribution in [-0.2, 0) is 22.4 Å². The molecule has 25 heavy (non-hydrogen) atoms. The predicted molar refractivity (Wildman–Crippen MR) is 97.6 cm³/mol. The summed E-state index contributed by atoms with van der Waals surface area (Å²) in [7, 11) is 0. The summed E-state index contributed by atoms with van der Waals surface area (Å²) in [5.41, 5.74) is 1.89. The number of aromatic nitrogens is 1. The molecule has 1 aliphatic carbocycles. The Labute approximate surface area is 151 Å². The maximum Gasteiger partial charge on any atom is 0.329 e. The normalized spacial score (nSPS) is 15.9. The number of nitrogens with one attached hydrogen (secondary N) is 1. The molecule has 2 N–H and O–H groups in total. The molecule has 5 nitrogen and oxygen atoms in total. The van der Waals surface area contributed by atoms with Crippen molar-refractivity contribution in [3.63, 3.8) is 0 Å². The van der Waals surface area contributed by atoms with Gasteiger partial charge in [-0.3, -0.25) is 4.79 Å². The quantitative estimate of drug-likeness (QED) is 0.829. The third-order valence-corrected chi connectivity index (χ3v) is 5.69. The summed E-state index contributed by atoms with van der Waals surface area (Å²) in [5.74, 6) is -1.21. The molecule has 2 aromatic rings. The summed E-state index contributed by atoms with van der Waals surface area (Å²) in [6.07, 6.45) is 3.77. The van der Waals surface area contributed by atoms with Crippen LogP contribution in [-0.4, -0.2) is 27.5 Å². The van der Waals surface area contributed by atoms with Gasteiger partial charge in [-0.25, -0.2) is 9.78 Å². The van der Waals surface area contributed by atoms with Gasteiger partial charge in [-0.15, -0.1) is 11.3 Å². The molecule has 132 valence electrons. The lowest BCUT2D eigenvalue weighted by Crippen LogP contribution is -2.52. The molecule has 0 bridgehead atoms. The highest BCUT2D eigenvalue weighted by atomic mass is 32.1. The molecule has 1 heterocycles. The Bertz CT molecular complexity index is 761. The van der Waals surface area contributed by atoms with Crippen LogP contribution < -0.4 is 5.32 Å². The van der Waals surface area contributed by atoms with E-state index in [2.05, 4.69) is 29.4 Å². The number of hydrogen-bond donors (Lipinski definition) is 2. The summed E-state index contributed by atoms with van der Waals surface area (Å²) in [6.45, 7) is 2.11. The number of aliphatic carboxylic acids is 1. The number of carbonyl (C=O) groups is 2. The van der Waals surface area contributed by atoms with Crippen molar-refractivity contribution < 1.29 is 14.7 Å². The smallest absolute Gasteiger partial charge is 0.329 e. The molecule has 1 saturated carbocycles. The van der Waals surface area contributed by atoms with Crippen LogP contribution in [0.2, 0.25) is 0 Å². The summed E-state index contributed by atoms with van der Waals surface area (Å²) >= 11 is 1.50. The lowest BCUT2D eigenvalue weighted by atomic mass is 9.97. The van der Waals surface area contributed by atoms with Gasteiger partial charge in [0.15, 0.2) is 0 Å². The minimum Gasteiger partial charge on any atom is -0.480 e. The molecular formula is C19H22N2O3S. The summed E-state index contributed by atoms with van der Waals surface area (Å²) in [4.78, 5) is 28.4. The zero-order chi connectivity index (χ0) is 17.9. The first-order chi connectivity index (χ1) is 12.0. The van der Waals surface area contributed by atoms with Gasteiger partial charge in [0, 0.05) is 10.9 Å². The topological polar surface area (TPSA) is 79.3 Å². The second-order valence-corrected chi connectivity index (χ2v) is 7.37. The summed E-state index contributed by atoms with van der Waals surface area (Å²) in [5, 5.41) is 14.9. The Hall–Kier alpha value is -2.21. The maximum atomic E-state index is 12.3. The van der Waals surface area contributed by atoms with E-state index >= 15 is 0 Å². The molecule has 0 spiro atoms. The molecule has 1 aromatic carbocycles. The number of benzene rings is 1. The van der Waals surface area contributed by atoms with Gasteiger partial charge in [-0.2, -0.15) is 0 Å². The van der Waals surface area contributed by atoms with Crippen molar-refractivity contribution >= 4 is 23.2 Å². The second kappa shape index (κ2) is 7.35. The molecule has 3 rings (SSSR count). The number of aryl methyl sites for hydroxylation is 1. The molecule has 1 fully saturated rings. The van der Waals surface area contributed by atoms with E-state index in [-0.39, 0.29) is 12.3 Å². The number of rotatable bonds is 6. The Morgan fingerprint density at radius 2 is 1.92 bits per heavy atom. The van der Waals surface area contributed by atoms with Crippen molar-refractivity contribution in [1.82, 2.24) is 10.3 Å². The predicted octanol–water partition coefficient (Wildman–Crippen LogP) is 3.43. The average Bonchev–Trinajstić information content (AvgIpc) is 3.25. The number of carboxylic acids is 1. The standard InChI is InChI=1S/C19H22N2O3S/c1-2-13-5-7-14(8-6-13)17-20-15(12-25-17)11-16(22)21-19(18(23)24)9-3-4-10-19/h5-8,12H,2-4,9-11H2,1H3,(H,21,22)(H,23,24). The third-order valence-electron chi connectivity index (χ3n) is 4.75. The monoisotopic (exact) mass is 358 g/mol. The number of carbonyl (C=O) groups excluding carboxylic acids is 1. The first-order valence-corrected chi connectivity index (χ1v) is 9.48. The first-order valence-electron chi connectivity index (χ1n) is 8.60. The van der Waals surface area contributed by atoms with E-state index in [0.717, 1.165) is 29.8 Å². The van der Waals surface area contributed by atoms with Gasteiger partial charge in [-0.1, -0.05) is 44.0 Å². The van der Waals surface area contributed by atoms with Crippen LogP contribution in [0, 0.1) is 0 Å². The van der Waals surface area contributed by atoms with Gasteiger partial charge >= 0.3 is 5.97 Å². The van der Waals surface area contributed by atoms with E-state index in [1.54, 1.807) is 0 Å². The fourth-order valence-corrected chi connectivity index (χ4v) is 4.08. The molecule has 0 aliphatic heterocycles. The van der Waals surface area contributed by atoms with Gasteiger partial charge in [-0.05, 0) is 24.8 Å². The Kier molecular flexibility index (Phi) is 5.18. The molecule has 0 atom stereocenters. The van der Waals surface area contributed by atoms with Gasteiger partial charge in [0.05, 0.1) is 12.1 Å². The highest BCUT2D eigenvalue weighted by molar-refractivity contribution is 7.13. The van der Waals surface area contributed by atoms with Crippen LogP contribution in [0.4, 0.5) is 0 Å². The van der Waals surface area contributed by atoms with Gasteiger partial charge in [0.1, 0.15) is 10.5 Å². The number of thiazole rings is 1. The van der Waals surface area contributed by atoms with E-state index < -0.39 is 11.5 Å². The molecular weight excluding hydrogens is 336 g/mol. The van der Waals surface area contributed by atoms with E-state index in [9.17, 15) is 14.7 Å². The number of amides is 1. The molecule has 0 saturated heterocycles. The molecule has 1 aromatic heterocycles. The van der Waals surface area contributed by atoms with Crippen LogP contribution in [0.3, 0.4) is 0 Å². The largest absolute Gasteiger partial charge is 0.480 e. The fraction of sp³-hybridized carbons (Fsp3) is 0.421. The summed E-state index contributed by atoms with van der Waals surface area (Å²) < 4.78 is 0. The van der Waals surface area contributed by atoms with E-state index in [4.69, 9.17) is 0 Å². The van der Waals surface area contributed by atoms with Crippen molar-refractivity contribution in [2.75, 3.05) is 0 Å². The second-order valence-electron chi connectivity index (χ2n) is 6.51. The maximum absolute atomic E-state index is 12.3. The van der Waals surface area contributed by atoms with Crippen molar-refractivity contribution in [2.24, 2.45) is 0 Å². The van der Waals surface area contributed by atoms with E-state index in [1.807, 2.05) is 17.5 Å². The van der Waals surface area contributed by atoms with Crippen molar-refractivity contribution in [3.05, 3.63) is 40.9 Å². The van der Waals surface area contributed by atoms with Crippen LogP contribution in [0.15, 0.2) is 29.6 Å². The van der Waals surface area contributed by atoms with Gasteiger partial charge in [0.25, 0.3) is 0 Å². The van der Waals surface area contributed by atoms with Crippen molar-refractivity contribution in [2.45, 2.75) is 51.0 Å². The van der Waals surface area contributed by atoms with Crippen LogP contribution in [0.1, 0.15) is 43.9 Å². The Morgan fingerprint density at radius 3 is 2.52 bits per heavy atom. The SMILES string of the molecule is CCc1ccc(-c2nc(CC(=O)NC3(C(=O)O)CCCC3)cs2)cc1. The average molecular weight is 358 g/mol. The Balaban J connectivity index is 1.66. The molecule has 1 amide bonds. The van der Waals surface area contributed by atoms with Crippen molar-refractivity contribution in [3.8, 4) is 10.6 Å². The minimum absolute atomic E-state index is 0.110. The Morgan fingerprint density at radius 1 is 1.24 bits per heavy atom.